The first-order chi connectivity index (χ1) is 18.7. The highest BCUT2D eigenvalue weighted by atomic mass is 35.5. The molecule has 0 saturated heterocycles. The molecule has 3 aromatic carbocycles. The van der Waals surface area contributed by atoms with Gasteiger partial charge in [0.25, 0.3) is 5.75 Å². The summed E-state index contributed by atoms with van der Waals surface area (Å²) in [6, 6.07) is 8.30. The maximum atomic E-state index is 13.3. The second kappa shape index (κ2) is 10.9. The second-order valence-electron chi connectivity index (χ2n) is 8.40. The van der Waals surface area contributed by atoms with Crippen molar-refractivity contribution in [1.82, 2.24) is 5.01 Å². The molecule has 40 heavy (non-hydrogen) atoms. The molecule has 0 fully saturated rings. The summed E-state index contributed by atoms with van der Waals surface area (Å²) in [6.07, 6.45) is -5.07. The molecule has 208 valence electrons. The molecule has 1 aliphatic rings. The molecule has 0 aliphatic carbocycles. The zero-order valence-electron chi connectivity index (χ0n) is 19.9. The first kappa shape index (κ1) is 29.1. The topological polar surface area (TPSA) is 128 Å². The van der Waals surface area contributed by atoms with Crippen molar-refractivity contribution in [1.29, 1.82) is 0 Å². The van der Waals surface area contributed by atoms with Crippen molar-refractivity contribution < 1.29 is 32.5 Å². The van der Waals surface area contributed by atoms with Crippen molar-refractivity contribution in [3.05, 3.63) is 101 Å². The van der Waals surface area contributed by atoms with Crippen LogP contribution in [-0.4, -0.2) is 26.5 Å². The number of halogens is 6. The Labute approximate surface area is 237 Å². The number of ether oxygens (including phenoxy) is 1. The van der Waals surface area contributed by atoms with E-state index in [2.05, 4.69) is 5.10 Å². The van der Waals surface area contributed by atoms with Crippen LogP contribution in [0.5, 0.6) is 11.5 Å². The van der Waals surface area contributed by atoms with Gasteiger partial charge in [0.2, 0.25) is 5.91 Å². The SMILES string of the molecule is CC(=O)N1N=C(c2ccc(Cl)cc2)CC1c1cc(Cl)cc(Cl)c1Oc1c([N+](=O)[O-])cc(C(F)(F)F)cc1[N+](=O)[O-]. The van der Waals surface area contributed by atoms with Gasteiger partial charge in [0.15, 0.2) is 5.75 Å². The van der Waals surface area contributed by atoms with E-state index in [0.717, 1.165) is 11.1 Å². The molecule has 1 atom stereocenters. The maximum Gasteiger partial charge on any atom is 0.416 e. The van der Waals surface area contributed by atoms with Gasteiger partial charge in [0, 0.05) is 41.1 Å². The number of carbonyl (C=O) groups is 1. The Balaban J connectivity index is 1.88. The standard InChI is InChI=1S/C24H14Cl3F3N4O6/c1-11(35)32-19(10-18(31-32)12-2-4-14(25)5-3-12)16-8-15(26)9-17(27)22(16)40-23-20(33(36)37)6-13(24(28,29)30)7-21(23)34(38)39/h2-9,19H,10H2,1H3. The minimum Gasteiger partial charge on any atom is -0.442 e. The summed E-state index contributed by atoms with van der Waals surface area (Å²) in [4.78, 5) is 33.4. The van der Waals surface area contributed by atoms with E-state index in [1.54, 1.807) is 24.3 Å². The van der Waals surface area contributed by atoms with Crippen LogP contribution >= 0.6 is 34.8 Å². The largest absolute Gasteiger partial charge is 0.442 e. The Hall–Kier alpha value is -3.94. The molecule has 0 spiro atoms. The summed E-state index contributed by atoms with van der Waals surface area (Å²) in [5, 5.41) is 29.1. The minimum atomic E-state index is -5.13. The zero-order valence-corrected chi connectivity index (χ0v) is 22.2. The Kier molecular flexibility index (Phi) is 7.92. The highest BCUT2D eigenvalue weighted by Gasteiger charge is 2.40. The number of amides is 1. The van der Waals surface area contributed by atoms with Gasteiger partial charge in [-0.15, -0.1) is 0 Å². The number of nitro groups is 2. The van der Waals surface area contributed by atoms with Crippen LogP contribution < -0.4 is 4.74 Å². The molecule has 16 heteroatoms. The first-order valence-corrected chi connectivity index (χ1v) is 12.1. The molecule has 1 heterocycles. The summed E-state index contributed by atoms with van der Waals surface area (Å²) >= 11 is 18.5. The third-order valence-electron chi connectivity index (χ3n) is 5.78. The summed E-state index contributed by atoms with van der Waals surface area (Å²) in [7, 11) is 0. The van der Waals surface area contributed by atoms with E-state index >= 15 is 0 Å². The number of nitro benzene ring substituents is 2. The van der Waals surface area contributed by atoms with Gasteiger partial charge in [0.1, 0.15) is 0 Å². The quantitative estimate of drug-likeness (QED) is 0.204. The Bertz CT molecular complexity index is 1550. The lowest BCUT2D eigenvalue weighted by atomic mass is 9.97. The molecule has 0 saturated carbocycles. The van der Waals surface area contributed by atoms with Crippen molar-refractivity contribution in [2.75, 3.05) is 0 Å². The van der Waals surface area contributed by atoms with Crippen LogP contribution in [0.4, 0.5) is 24.5 Å². The summed E-state index contributed by atoms with van der Waals surface area (Å²) in [5.41, 5.74) is -3.19. The average Bonchev–Trinajstić information content (AvgIpc) is 3.30. The van der Waals surface area contributed by atoms with E-state index in [-0.39, 0.29) is 34.2 Å². The van der Waals surface area contributed by atoms with Crippen LogP contribution in [0.3, 0.4) is 0 Å². The van der Waals surface area contributed by atoms with Crippen LogP contribution in [0, 0.1) is 20.2 Å². The van der Waals surface area contributed by atoms with E-state index < -0.39 is 56.4 Å². The number of benzene rings is 3. The van der Waals surface area contributed by atoms with Crippen molar-refractivity contribution >= 4 is 57.8 Å². The van der Waals surface area contributed by atoms with Crippen molar-refractivity contribution in [2.24, 2.45) is 5.10 Å². The predicted octanol–water partition coefficient (Wildman–Crippen LogP) is 7.97. The highest BCUT2D eigenvalue weighted by Crippen LogP contribution is 2.49. The van der Waals surface area contributed by atoms with E-state index in [1.807, 2.05) is 0 Å². The first-order valence-electron chi connectivity index (χ1n) is 11.0. The third kappa shape index (κ3) is 5.81. The van der Waals surface area contributed by atoms with Gasteiger partial charge >= 0.3 is 17.6 Å². The predicted molar refractivity (Wildman–Crippen MR) is 139 cm³/mol. The van der Waals surface area contributed by atoms with Crippen molar-refractivity contribution in [3.63, 3.8) is 0 Å². The van der Waals surface area contributed by atoms with Crippen LogP contribution in [0.25, 0.3) is 0 Å². The Morgan fingerprint density at radius 2 is 1.55 bits per heavy atom. The fourth-order valence-electron chi connectivity index (χ4n) is 4.04. The van der Waals surface area contributed by atoms with E-state index in [0.29, 0.717) is 16.3 Å². The highest BCUT2D eigenvalue weighted by molar-refractivity contribution is 6.35. The summed E-state index contributed by atoms with van der Waals surface area (Å²) < 4.78 is 45.6. The fraction of sp³-hybridized carbons (Fsp3) is 0.167. The Morgan fingerprint density at radius 3 is 2.05 bits per heavy atom. The lowest BCUT2D eigenvalue weighted by Gasteiger charge is -2.24. The van der Waals surface area contributed by atoms with Gasteiger partial charge in [0.05, 0.1) is 32.2 Å². The molecule has 1 amide bonds. The van der Waals surface area contributed by atoms with Gasteiger partial charge < -0.3 is 4.74 Å². The summed E-state index contributed by atoms with van der Waals surface area (Å²) in [6.45, 7) is 1.22. The van der Waals surface area contributed by atoms with Crippen LogP contribution in [0.1, 0.15) is 36.1 Å². The van der Waals surface area contributed by atoms with Gasteiger partial charge in [-0.2, -0.15) is 18.3 Å². The molecule has 3 aromatic rings. The molecule has 0 N–H and O–H groups in total. The number of rotatable bonds is 6. The fourth-order valence-corrected chi connectivity index (χ4v) is 4.71. The lowest BCUT2D eigenvalue weighted by molar-refractivity contribution is -0.396. The van der Waals surface area contributed by atoms with Crippen LogP contribution in [0.15, 0.2) is 53.6 Å². The van der Waals surface area contributed by atoms with Gasteiger partial charge in [-0.1, -0.05) is 46.9 Å². The van der Waals surface area contributed by atoms with E-state index in [9.17, 15) is 38.2 Å². The zero-order chi connectivity index (χ0) is 29.5. The monoisotopic (exact) mass is 616 g/mol. The number of alkyl halides is 3. The van der Waals surface area contributed by atoms with E-state index in [1.165, 1.54) is 13.0 Å². The van der Waals surface area contributed by atoms with Gasteiger partial charge in [-0.25, -0.2) is 5.01 Å². The maximum absolute atomic E-state index is 13.3. The molecule has 0 radical (unpaired) electrons. The van der Waals surface area contributed by atoms with Crippen molar-refractivity contribution in [2.45, 2.75) is 25.6 Å². The molecule has 1 unspecified atom stereocenters. The number of hydrazone groups is 1. The number of hydrogen-bond donors (Lipinski definition) is 0. The molecule has 4 rings (SSSR count). The molecule has 10 nitrogen and oxygen atoms in total. The third-order valence-corrected chi connectivity index (χ3v) is 6.53. The molecular formula is C24H14Cl3F3N4O6. The number of hydrogen-bond acceptors (Lipinski definition) is 7. The number of nitrogens with zero attached hydrogens (tertiary/aromatic N) is 4. The normalized spacial score (nSPS) is 15.1. The average molecular weight is 618 g/mol. The van der Waals surface area contributed by atoms with Crippen LogP contribution in [0.2, 0.25) is 15.1 Å². The molecule has 0 aromatic heterocycles. The van der Waals surface area contributed by atoms with Gasteiger partial charge in [-0.3, -0.25) is 25.0 Å². The van der Waals surface area contributed by atoms with E-state index in [4.69, 9.17) is 39.5 Å². The smallest absolute Gasteiger partial charge is 0.416 e. The minimum absolute atomic E-state index is 0.0453. The number of carbonyl (C=O) groups excluding carboxylic acids is 1. The summed E-state index contributed by atoms with van der Waals surface area (Å²) in [5.74, 6) is -2.02. The molecule has 1 aliphatic heterocycles. The second-order valence-corrected chi connectivity index (χ2v) is 9.68. The van der Waals surface area contributed by atoms with Gasteiger partial charge in [-0.05, 0) is 29.8 Å². The van der Waals surface area contributed by atoms with Crippen LogP contribution in [-0.2, 0) is 11.0 Å². The molecular weight excluding hydrogens is 604 g/mol. The Morgan fingerprint density at radius 1 is 0.975 bits per heavy atom. The lowest BCUT2D eigenvalue weighted by Crippen LogP contribution is -2.24. The van der Waals surface area contributed by atoms with Crippen molar-refractivity contribution in [3.8, 4) is 11.5 Å². The molecule has 0 bridgehead atoms.